The van der Waals surface area contributed by atoms with Crippen LogP contribution < -0.4 is 10.5 Å². The highest BCUT2D eigenvalue weighted by Gasteiger charge is 2.17. The largest absolute Gasteiger partial charge is 0.468 e. The van der Waals surface area contributed by atoms with E-state index in [0.717, 1.165) is 11.1 Å². The number of carbonyl (C=O) groups is 1. The first-order valence-corrected chi connectivity index (χ1v) is 6.69. The molecular formula is C11H16N2O4S. The topological polar surface area (TPSA) is 98.5 Å². The van der Waals surface area contributed by atoms with E-state index in [-0.39, 0.29) is 4.90 Å². The van der Waals surface area contributed by atoms with Gasteiger partial charge in [0.25, 0.3) is 0 Å². The van der Waals surface area contributed by atoms with E-state index in [0.29, 0.717) is 5.69 Å². The van der Waals surface area contributed by atoms with E-state index in [2.05, 4.69) is 9.46 Å². The smallest absolute Gasteiger partial charge is 0.320 e. The maximum atomic E-state index is 11.9. The first-order valence-electron chi connectivity index (χ1n) is 5.21. The summed E-state index contributed by atoms with van der Waals surface area (Å²) in [7, 11) is -2.57. The molecular weight excluding hydrogens is 256 g/mol. The number of aryl methyl sites for hydroxylation is 1. The van der Waals surface area contributed by atoms with E-state index < -0.39 is 22.5 Å². The summed E-state index contributed by atoms with van der Waals surface area (Å²) in [6.07, 6.45) is 0. The Bertz CT molecular complexity index is 543. The van der Waals surface area contributed by atoms with E-state index in [4.69, 9.17) is 5.73 Å². The molecule has 0 atom stereocenters. The van der Waals surface area contributed by atoms with Gasteiger partial charge in [-0.25, -0.2) is 8.42 Å². The maximum Gasteiger partial charge on any atom is 0.320 e. The molecule has 18 heavy (non-hydrogen) atoms. The molecule has 0 aromatic heterocycles. The number of methoxy groups -OCH3 is 1. The van der Waals surface area contributed by atoms with E-state index in [1.807, 2.05) is 6.92 Å². The average Bonchev–Trinajstić information content (AvgIpc) is 2.32. The molecule has 0 saturated heterocycles. The predicted molar refractivity (Wildman–Crippen MR) is 67.5 cm³/mol. The summed E-state index contributed by atoms with van der Waals surface area (Å²) in [6, 6.07) is 2.87. The lowest BCUT2D eigenvalue weighted by Crippen LogP contribution is -2.30. The molecule has 0 heterocycles. The Hall–Kier alpha value is -1.60. The molecule has 0 amide bonds. The van der Waals surface area contributed by atoms with Crippen LogP contribution in [0.25, 0.3) is 0 Å². The number of esters is 1. The molecule has 0 aliphatic heterocycles. The van der Waals surface area contributed by atoms with Crippen molar-refractivity contribution >= 4 is 21.7 Å². The second-order valence-electron chi connectivity index (χ2n) is 3.86. The summed E-state index contributed by atoms with van der Waals surface area (Å²) in [6.45, 7) is 3.17. The number of hydrogen-bond donors (Lipinski definition) is 2. The second kappa shape index (κ2) is 5.36. The van der Waals surface area contributed by atoms with Gasteiger partial charge in [-0.1, -0.05) is 0 Å². The van der Waals surface area contributed by atoms with Crippen LogP contribution in [0.5, 0.6) is 0 Å². The summed E-state index contributed by atoms with van der Waals surface area (Å²) in [4.78, 5) is 10.9. The van der Waals surface area contributed by atoms with Crippen molar-refractivity contribution in [3.63, 3.8) is 0 Å². The fourth-order valence-electron chi connectivity index (χ4n) is 1.32. The Morgan fingerprint density at radius 1 is 1.39 bits per heavy atom. The lowest BCUT2D eigenvalue weighted by atomic mass is 10.1. The van der Waals surface area contributed by atoms with Gasteiger partial charge in [-0.15, -0.1) is 0 Å². The van der Waals surface area contributed by atoms with Crippen LogP contribution >= 0.6 is 0 Å². The van der Waals surface area contributed by atoms with Crippen LogP contribution in [0.1, 0.15) is 11.1 Å². The van der Waals surface area contributed by atoms with Crippen LogP contribution in [0.4, 0.5) is 5.69 Å². The van der Waals surface area contributed by atoms with E-state index in [1.165, 1.54) is 19.2 Å². The van der Waals surface area contributed by atoms with Gasteiger partial charge in [0.05, 0.1) is 12.0 Å². The molecule has 1 rings (SSSR count). The van der Waals surface area contributed by atoms with Gasteiger partial charge in [-0.05, 0) is 37.1 Å². The molecule has 0 bridgehead atoms. The van der Waals surface area contributed by atoms with Crippen LogP contribution in [-0.2, 0) is 19.6 Å². The Morgan fingerprint density at radius 2 is 2.00 bits per heavy atom. The average molecular weight is 272 g/mol. The molecule has 0 spiro atoms. The molecule has 100 valence electrons. The minimum absolute atomic E-state index is 0.0343. The number of nitrogen functional groups attached to an aromatic ring is 1. The number of ether oxygens (including phenoxy) is 1. The zero-order chi connectivity index (χ0) is 13.9. The quantitative estimate of drug-likeness (QED) is 0.608. The zero-order valence-electron chi connectivity index (χ0n) is 10.5. The van der Waals surface area contributed by atoms with Crippen molar-refractivity contribution in [2.75, 3.05) is 19.4 Å². The molecule has 0 radical (unpaired) electrons. The number of benzene rings is 1. The zero-order valence-corrected chi connectivity index (χ0v) is 11.3. The molecule has 0 fully saturated rings. The molecule has 7 heteroatoms. The molecule has 6 nitrogen and oxygen atoms in total. The highest BCUT2D eigenvalue weighted by Crippen LogP contribution is 2.21. The van der Waals surface area contributed by atoms with Crippen LogP contribution in [0.15, 0.2) is 17.0 Å². The van der Waals surface area contributed by atoms with E-state index >= 15 is 0 Å². The minimum Gasteiger partial charge on any atom is -0.468 e. The van der Waals surface area contributed by atoms with E-state index in [1.54, 1.807) is 6.92 Å². The minimum atomic E-state index is -3.76. The number of nitrogens with one attached hydrogen (secondary N) is 1. The molecule has 3 N–H and O–H groups in total. The van der Waals surface area contributed by atoms with Gasteiger partial charge in [0.1, 0.15) is 6.54 Å². The summed E-state index contributed by atoms with van der Waals surface area (Å²) in [5.74, 6) is -0.657. The van der Waals surface area contributed by atoms with Gasteiger partial charge in [0.15, 0.2) is 0 Å². The van der Waals surface area contributed by atoms with Gasteiger partial charge in [-0.3, -0.25) is 4.79 Å². The first kappa shape index (κ1) is 14.5. The summed E-state index contributed by atoms with van der Waals surface area (Å²) < 4.78 is 30.3. The summed E-state index contributed by atoms with van der Waals surface area (Å²) >= 11 is 0. The molecule has 0 aliphatic carbocycles. The molecule has 0 saturated carbocycles. The lowest BCUT2D eigenvalue weighted by molar-refractivity contribution is -0.139. The van der Waals surface area contributed by atoms with Crippen LogP contribution in [0.3, 0.4) is 0 Å². The maximum absolute atomic E-state index is 11.9. The van der Waals surface area contributed by atoms with Gasteiger partial charge < -0.3 is 10.5 Å². The van der Waals surface area contributed by atoms with Crippen molar-refractivity contribution in [2.24, 2.45) is 0 Å². The van der Waals surface area contributed by atoms with Gasteiger partial charge in [0, 0.05) is 5.69 Å². The monoisotopic (exact) mass is 272 g/mol. The summed E-state index contributed by atoms with van der Waals surface area (Å²) in [5.41, 5.74) is 7.72. The van der Waals surface area contributed by atoms with Crippen molar-refractivity contribution < 1.29 is 17.9 Å². The number of anilines is 1. The van der Waals surface area contributed by atoms with Crippen molar-refractivity contribution in [2.45, 2.75) is 18.7 Å². The molecule has 1 aromatic rings. The van der Waals surface area contributed by atoms with Crippen molar-refractivity contribution in [1.29, 1.82) is 0 Å². The van der Waals surface area contributed by atoms with Crippen molar-refractivity contribution in [1.82, 2.24) is 4.72 Å². The Labute approximate surface area is 106 Å². The number of sulfonamides is 1. The standard InChI is InChI=1S/C11H16N2O4S/c1-7-4-9(5-10(12)8(7)2)18(15,16)13-6-11(14)17-3/h4-5,13H,6,12H2,1-3H3. The van der Waals surface area contributed by atoms with Crippen LogP contribution in [0.2, 0.25) is 0 Å². The Morgan fingerprint density at radius 3 is 2.50 bits per heavy atom. The number of hydrogen-bond acceptors (Lipinski definition) is 5. The third kappa shape index (κ3) is 3.21. The predicted octanol–water partition coefficient (Wildman–Crippen LogP) is 0.337. The highest BCUT2D eigenvalue weighted by atomic mass is 32.2. The highest BCUT2D eigenvalue weighted by molar-refractivity contribution is 7.89. The van der Waals surface area contributed by atoms with Gasteiger partial charge in [0.2, 0.25) is 10.0 Å². The van der Waals surface area contributed by atoms with Gasteiger partial charge in [-0.2, -0.15) is 4.72 Å². The Balaban J connectivity index is 3.02. The second-order valence-corrected chi connectivity index (χ2v) is 5.62. The first-order chi connectivity index (χ1) is 8.27. The van der Waals surface area contributed by atoms with Gasteiger partial charge >= 0.3 is 5.97 Å². The number of rotatable bonds is 4. The third-order valence-corrected chi connectivity index (χ3v) is 4.01. The molecule has 1 aromatic carbocycles. The fraction of sp³-hybridized carbons (Fsp3) is 0.364. The fourth-order valence-corrected chi connectivity index (χ4v) is 2.41. The van der Waals surface area contributed by atoms with Crippen LogP contribution in [-0.4, -0.2) is 28.0 Å². The molecule has 0 aliphatic rings. The third-order valence-electron chi connectivity index (χ3n) is 2.63. The normalized spacial score (nSPS) is 11.3. The lowest BCUT2D eigenvalue weighted by Gasteiger charge is -2.10. The summed E-state index contributed by atoms with van der Waals surface area (Å²) in [5, 5.41) is 0. The Kier molecular flexibility index (Phi) is 4.31. The van der Waals surface area contributed by atoms with Crippen LogP contribution in [0, 0.1) is 13.8 Å². The SMILES string of the molecule is COC(=O)CNS(=O)(=O)c1cc(C)c(C)c(N)c1. The molecule has 0 unspecified atom stereocenters. The number of carbonyl (C=O) groups excluding carboxylic acids is 1. The number of nitrogens with two attached hydrogens (primary N) is 1. The van der Waals surface area contributed by atoms with Crippen molar-refractivity contribution in [3.8, 4) is 0 Å². The van der Waals surface area contributed by atoms with E-state index in [9.17, 15) is 13.2 Å². The van der Waals surface area contributed by atoms with Crippen molar-refractivity contribution in [3.05, 3.63) is 23.3 Å².